The third-order valence-electron chi connectivity index (χ3n) is 5.98. The van der Waals surface area contributed by atoms with Gasteiger partial charge in [0.25, 0.3) is 0 Å². The topological polar surface area (TPSA) is 69.6 Å². The first-order valence-corrected chi connectivity index (χ1v) is 8.10. The van der Waals surface area contributed by atoms with Crippen molar-refractivity contribution in [3.05, 3.63) is 12.2 Å². The Balaban J connectivity index is 1.47. The summed E-state index contributed by atoms with van der Waals surface area (Å²) in [6.45, 7) is 2.21. The summed E-state index contributed by atoms with van der Waals surface area (Å²) in [5, 5.41) is 12.6. The van der Waals surface area contributed by atoms with Crippen molar-refractivity contribution in [1.29, 1.82) is 0 Å². The van der Waals surface area contributed by atoms with Gasteiger partial charge in [0.05, 0.1) is 11.8 Å². The van der Waals surface area contributed by atoms with Gasteiger partial charge in [-0.05, 0) is 44.1 Å². The number of aliphatic carboxylic acids is 1. The van der Waals surface area contributed by atoms with Crippen LogP contribution >= 0.6 is 0 Å². The van der Waals surface area contributed by atoms with Gasteiger partial charge in [-0.2, -0.15) is 0 Å². The van der Waals surface area contributed by atoms with Crippen LogP contribution in [0.2, 0.25) is 0 Å². The lowest BCUT2D eigenvalue weighted by atomic mass is 9.82. The Morgan fingerprint density at radius 2 is 1.86 bits per heavy atom. The van der Waals surface area contributed by atoms with E-state index in [1.807, 2.05) is 12.2 Å². The lowest BCUT2D eigenvalue weighted by Gasteiger charge is -2.27. The number of carboxylic acid groups (broad SMARTS) is 1. The molecule has 2 aliphatic carbocycles. The Labute approximate surface area is 124 Å². The zero-order chi connectivity index (χ0) is 14.6. The third kappa shape index (κ3) is 2.01. The highest BCUT2D eigenvalue weighted by Gasteiger charge is 2.52. The van der Waals surface area contributed by atoms with E-state index < -0.39 is 11.9 Å². The van der Waals surface area contributed by atoms with E-state index in [0.29, 0.717) is 6.04 Å². The maximum Gasteiger partial charge on any atom is 0.307 e. The molecule has 5 heteroatoms. The summed E-state index contributed by atoms with van der Waals surface area (Å²) in [6.07, 6.45) is 8.24. The standard InChI is InChI=1S/C16H22N2O3/c19-15(17-11-5-7-18-6-1-2-12(11)18)13-9-3-4-10(8-9)14(13)16(20)21/h3-4,9-14H,1-2,5-8H2,(H,17,19)(H,20,21)/t9?,10?,11?,12?,13-,14+/m0/s1. The van der Waals surface area contributed by atoms with Crippen molar-refractivity contribution in [2.45, 2.75) is 37.8 Å². The van der Waals surface area contributed by atoms with Crippen molar-refractivity contribution in [2.75, 3.05) is 13.1 Å². The monoisotopic (exact) mass is 290 g/mol. The minimum Gasteiger partial charge on any atom is -0.481 e. The molecule has 4 unspecified atom stereocenters. The summed E-state index contributed by atoms with van der Waals surface area (Å²) < 4.78 is 0. The molecule has 2 bridgehead atoms. The van der Waals surface area contributed by atoms with E-state index in [9.17, 15) is 14.7 Å². The predicted octanol–water partition coefficient (Wildman–Crippen LogP) is 0.862. The van der Waals surface area contributed by atoms with E-state index in [2.05, 4.69) is 10.2 Å². The summed E-state index contributed by atoms with van der Waals surface area (Å²) in [5.74, 6) is -1.57. The first-order chi connectivity index (χ1) is 10.1. The second-order valence-corrected chi connectivity index (χ2v) is 6.99. The molecule has 0 aromatic carbocycles. The van der Waals surface area contributed by atoms with Crippen LogP contribution in [0.1, 0.15) is 25.7 Å². The van der Waals surface area contributed by atoms with Crippen molar-refractivity contribution >= 4 is 11.9 Å². The van der Waals surface area contributed by atoms with Crippen LogP contribution in [0.25, 0.3) is 0 Å². The van der Waals surface area contributed by atoms with E-state index in [1.54, 1.807) is 0 Å². The van der Waals surface area contributed by atoms with Gasteiger partial charge in [-0.25, -0.2) is 0 Å². The van der Waals surface area contributed by atoms with Crippen LogP contribution < -0.4 is 5.32 Å². The van der Waals surface area contributed by atoms with Crippen LogP contribution in [0, 0.1) is 23.7 Å². The Kier molecular flexibility index (Phi) is 3.06. The van der Waals surface area contributed by atoms with Crippen molar-refractivity contribution in [2.24, 2.45) is 23.7 Å². The average molecular weight is 290 g/mol. The van der Waals surface area contributed by atoms with Crippen LogP contribution in [0.15, 0.2) is 12.2 Å². The van der Waals surface area contributed by atoms with Crippen LogP contribution in [0.3, 0.4) is 0 Å². The molecule has 2 aliphatic heterocycles. The Morgan fingerprint density at radius 1 is 1.10 bits per heavy atom. The zero-order valence-corrected chi connectivity index (χ0v) is 12.1. The fraction of sp³-hybridized carbons (Fsp3) is 0.750. The fourth-order valence-corrected chi connectivity index (χ4v) is 5.05. The van der Waals surface area contributed by atoms with Gasteiger partial charge in [-0.1, -0.05) is 12.2 Å². The van der Waals surface area contributed by atoms with Gasteiger partial charge in [0.1, 0.15) is 0 Å². The van der Waals surface area contributed by atoms with Gasteiger partial charge in [-0.3, -0.25) is 14.5 Å². The third-order valence-corrected chi connectivity index (χ3v) is 5.98. The number of hydrogen-bond donors (Lipinski definition) is 2. The largest absolute Gasteiger partial charge is 0.481 e. The number of nitrogens with zero attached hydrogens (tertiary/aromatic N) is 1. The highest BCUT2D eigenvalue weighted by molar-refractivity contribution is 5.87. The number of fused-ring (bicyclic) bond motifs is 3. The summed E-state index contributed by atoms with van der Waals surface area (Å²) in [7, 11) is 0. The van der Waals surface area contributed by atoms with Crippen molar-refractivity contribution in [3.8, 4) is 0 Å². The van der Waals surface area contributed by atoms with Crippen LogP contribution in [-0.4, -0.2) is 47.1 Å². The summed E-state index contributed by atoms with van der Waals surface area (Å²) >= 11 is 0. The fourth-order valence-electron chi connectivity index (χ4n) is 5.05. The Bertz CT molecular complexity index is 504. The van der Waals surface area contributed by atoms with Gasteiger partial charge in [-0.15, -0.1) is 0 Å². The van der Waals surface area contributed by atoms with Gasteiger partial charge >= 0.3 is 5.97 Å². The maximum atomic E-state index is 12.7. The van der Waals surface area contributed by atoms with Gasteiger partial charge in [0.15, 0.2) is 0 Å². The van der Waals surface area contributed by atoms with E-state index in [1.165, 1.54) is 6.42 Å². The number of allylic oxidation sites excluding steroid dienone is 2. The van der Waals surface area contributed by atoms with E-state index in [0.717, 1.165) is 32.4 Å². The first-order valence-electron chi connectivity index (χ1n) is 8.10. The van der Waals surface area contributed by atoms with Gasteiger partial charge in [0.2, 0.25) is 5.91 Å². The van der Waals surface area contributed by atoms with Crippen molar-refractivity contribution in [1.82, 2.24) is 10.2 Å². The van der Waals surface area contributed by atoms with Crippen molar-refractivity contribution < 1.29 is 14.7 Å². The molecule has 2 heterocycles. The number of rotatable bonds is 3. The van der Waals surface area contributed by atoms with Crippen molar-refractivity contribution in [3.63, 3.8) is 0 Å². The molecular weight excluding hydrogens is 268 g/mol. The Hall–Kier alpha value is -1.36. The molecule has 1 amide bonds. The lowest BCUT2D eigenvalue weighted by Crippen LogP contribution is -2.48. The number of amides is 1. The molecule has 4 aliphatic rings. The van der Waals surface area contributed by atoms with Gasteiger partial charge < -0.3 is 10.4 Å². The van der Waals surface area contributed by atoms with Crippen LogP contribution in [0.5, 0.6) is 0 Å². The molecule has 0 aromatic heterocycles. The van der Waals surface area contributed by atoms with E-state index >= 15 is 0 Å². The quantitative estimate of drug-likeness (QED) is 0.757. The zero-order valence-electron chi connectivity index (χ0n) is 12.1. The highest BCUT2D eigenvalue weighted by atomic mass is 16.4. The maximum absolute atomic E-state index is 12.7. The number of nitrogens with one attached hydrogen (secondary N) is 1. The molecular formula is C16H22N2O3. The Morgan fingerprint density at radius 3 is 2.62 bits per heavy atom. The number of hydrogen-bond acceptors (Lipinski definition) is 3. The average Bonchev–Trinajstić information content (AvgIpc) is 3.18. The molecule has 4 rings (SSSR count). The summed E-state index contributed by atoms with van der Waals surface area (Å²) in [4.78, 5) is 26.6. The SMILES string of the molecule is O=C(O)[C@@H]1C2C=CC(C2)[C@@H]1C(=O)NC1CCN2CCCC12. The summed E-state index contributed by atoms with van der Waals surface area (Å²) in [6, 6.07) is 0.698. The number of carboxylic acids is 1. The van der Waals surface area contributed by atoms with Crippen LogP contribution in [-0.2, 0) is 9.59 Å². The number of carbonyl (C=O) groups excluding carboxylic acids is 1. The highest BCUT2D eigenvalue weighted by Crippen LogP contribution is 2.48. The van der Waals surface area contributed by atoms with E-state index in [-0.39, 0.29) is 29.7 Å². The molecule has 1 saturated carbocycles. The van der Waals surface area contributed by atoms with Crippen LogP contribution in [0.4, 0.5) is 0 Å². The molecule has 2 N–H and O–H groups in total. The lowest BCUT2D eigenvalue weighted by molar-refractivity contribution is -0.148. The second kappa shape index (κ2) is 4.83. The molecule has 0 aromatic rings. The second-order valence-electron chi connectivity index (χ2n) is 6.99. The molecule has 0 radical (unpaired) electrons. The molecule has 2 saturated heterocycles. The van der Waals surface area contributed by atoms with E-state index in [4.69, 9.17) is 0 Å². The molecule has 6 atom stereocenters. The molecule has 114 valence electrons. The van der Waals surface area contributed by atoms with Gasteiger partial charge in [0, 0.05) is 18.6 Å². The normalized spacial score (nSPS) is 44.2. The molecule has 0 spiro atoms. The molecule has 3 fully saturated rings. The summed E-state index contributed by atoms with van der Waals surface area (Å²) in [5.41, 5.74) is 0. The first kappa shape index (κ1) is 13.3. The molecule has 5 nitrogen and oxygen atoms in total. The minimum absolute atomic E-state index is 0.0296. The smallest absolute Gasteiger partial charge is 0.307 e. The molecule has 21 heavy (non-hydrogen) atoms. The predicted molar refractivity (Wildman–Crippen MR) is 76.5 cm³/mol. The number of carbonyl (C=O) groups is 2. The minimum atomic E-state index is -0.819.